The van der Waals surface area contributed by atoms with Crippen molar-refractivity contribution in [1.82, 2.24) is 0 Å². The summed E-state index contributed by atoms with van der Waals surface area (Å²) >= 11 is 0. The highest BCUT2D eigenvalue weighted by Crippen LogP contribution is 2.46. The van der Waals surface area contributed by atoms with E-state index in [1.807, 2.05) is 0 Å². The first kappa shape index (κ1) is 20.1. The van der Waals surface area contributed by atoms with Crippen LogP contribution in [0.15, 0.2) is 99.6 Å². The molecule has 3 aromatic rings. The van der Waals surface area contributed by atoms with Crippen molar-refractivity contribution in [2.75, 3.05) is 0 Å². The molecule has 0 radical (unpaired) electrons. The molecule has 0 spiro atoms. The molecule has 1 fully saturated rings. The van der Waals surface area contributed by atoms with Gasteiger partial charge in [0.2, 0.25) is 0 Å². The van der Waals surface area contributed by atoms with Crippen molar-refractivity contribution in [1.29, 1.82) is 0 Å². The van der Waals surface area contributed by atoms with Crippen LogP contribution in [0.25, 0.3) is 0 Å². The summed E-state index contributed by atoms with van der Waals surface area (Å²) in [5, 5.41) is 0. The van der Waals surface area contributed by atoms with Crippen molar-refractivity contribution in [3.63, 3.8) is 0 Å². The summed E-state index contributed by atoms with van der Waals surface area (Å²) in [6.45, 7) is 6.94. The molecule has 0 unspecified atom stereocenters. The Morgan fingerprint density at radius 3 is 1.55 bits per heavy atom. The Morgan fingerprint density at radius 2 is 1.10 bits per heavy atom. The van der Waals surface area contributed by atoms with Crippen LogP contribution in [0.4, 0.5) is 0 Å². The number of rotatable bonds is 5. The van der Waals surface area contributed by atoms with Crippen LogP contribution in [0.3, 0.4) is 0 Å². The minimum absolute atomic E-state index is 0.0466. The largest absolute Gasteiger partial charge is 0.487 e. The van der Waals surface area contributed by atoms with Gasteiger partial charge in [-0.1, -0.05) is 57.2 Å². The van der Waals surface area contributed by atoms with Gasteiger partial charge in [-0.2, -0.15) is 0 Å². The first-order valence-electron chi connectivity index (χ1n) is 10.6. The summed E-state index contributed by atoms with van der Waals surface area (Å²) in [5.74, 6) is 0.996. The van der Waals surface area contributed by atoms with Gasteiger partial charge >= 0.3 is 0 Å². The van der Waals surface area contributed by atoms with E-state index in [0.717, 1.165) is 18.6 Å². The van der Waals surface area contributed by atoms with Crippen LogP contribution >= 0.6 is 0 Å². The number of benzene rings is 3. The summed E-state index contributed by atoms with van der Waals surface area (Å²) < 4.78 is 6.68. The van der Waals surface area contributed by atoms with Crippen molar-refractivity contribution < 1.29 is 4.74 Å². The first-order chi connectivity index (χ1) is 14.0. The third-order valence-electron chi connectivity index (χ3n) is 6.11. The van der Waals surface area contributed by atoms with Crippen molar-refractivity contribution in [3.05, 3.63) is 84.9 Å². The van der Waals surface area contributed by atoms with Gasteiger partial charge in [0.1, 0.15) is 11.4 Å². The van der Waals surface area contributed by atoms with E-state index in [9.17, 15) is 0 Å². The third kappa shape index (κ3) is 4.23. The summed E-state index contributed by atoms with van der Waals surface area (Å²) in [7, 11) is -0.110. The number of hydrogen-bond donors (Lipinski definition) is 0. The molecule has 0 atom stereocenters. The molecule has 4 rings (SSSR count). The zero-order valence-corrected chi connectivity index (χ0v) is 18.5. The Hall–Kier alpha value is -2.19. The Kier molecular flexibility index (Phi) is 5.74. The molecule has 0 aromatic heterocycles. The molecule has 1 saturated carbocycles. The average molecular weight is 404 g/mol. The maximum absolute atomic E-state index is 6.68. The van der Waals surface area contributed by atoms with Gasteiger partial charge in [0.15, 0.2) is 14.7 Å². The average Bonchev–Trinajstić information content (AvgIpc) is 3.21. The summed E-state index contributed by atoms with van der Waals surface area (Å²) in [6.07, 6.45) is 4.83. The highest BCUT2D eigenvalue weighted by atomic mass is 32.2. The van der Waals surface area contributed by atoms with E-state index in [2.05, 4.69) is 106 Å². The van der Waals surface area contributed by atoms with Crippen LogP contribution in [0.2, 0.25) is 0 Å². The predicted molar refractivity (Wildman–Crippen MR) is 123 cm³/mol. The normalized spacial score (nSPS) is 16.1. The van der Waals surface area contributed by atoms with Crippen LogP contribution < -0.4 is 4.74 Å². The van der Waals surface area contributed by atoms with E-state index in [4.69, 9.17) is 4.74 Å². The van der Waals surface area contributed by atoms with Crippen LogP contribution in [0.5, 0.6) is 5.75 Å². The fourth-order valence-corrected chi connectivity index (χ4v) is 6.43. The fraction of sp³-hybridized carbons (Fsp3) is 0.333. The molecule has 1 nitrogen and oxygen atoms in total. The van der Waals surface area contributed by atoms with E-state index in [-0.39, 0.29) is 21.9 Å². The molecule has 0 bridgehead atoms. The molecule has 1 aliphatic rings. The van der Waals surface area contributed by atoms with Gasteiger partial charge < -0.3 is 4.74 Å². The molecule has 0 heterocycles. The van der Waals surface area contributed by atoms with Gasteiger partial charge in [-0.05, 0) is 74.2 Å². The third-order valence-corrected chi connectivity index (χ3v) is 8.34. The van der Waals surface area contributed by atoms with E-state index in [1.54, 1.807) is 0 Å². The number of ether oxygens (including phenoxy) is 1. The predicted octanol–water partition coefficient (Wildman–Crippen LogP) is 7.52. The molecule has 0 aliphatic heterocycles. The Bertz CT molecular complexity index is 865. The minimum atomic E-state index is -0.110. The van der Waals surface area contributed by atoms with Crippen LogP contribution in [-0.2, 0) is 10.9 Å². The smallest absolute Gasteiger partial charge is 0.166 e. The molecular weight excluding hydrogens is 372 g/mol. The topological polar surface area (TPSA) is 9.23 Å². The second-order valence-corrected chi connectivity index (χ2v) is 11.0. The monoisotopic (exact) mass is 403 g/mol. The van der Waals surface area contributed by atoms with Crippen molar-refractivity contribution >= 4 is 10.9 Å². The molecule has 2 heteroatoms. The van der Waals surface area contributed by atoms with Crippen molar-refractivity contribution in [2.45, 2.75) is 66.7 Å². The summed E-state index contributed by atoms with van der Waals surface area (Å²) in [4.78, 5) is 4.01. The Balaban J connectivity index is 1.65. The lowest BCUT2D eigenvalue weighted by Crippen LogP contribution is -2.45. The highest BCUT2D eigenvalue weighted by Gasteiger charge is 2.46. The quantitative estimate of drug-likeness (QED) is 0.400. The van der Waals surface area contributed by atoms with E-state index < -0.39 is 0 Å². The van der Waals surface area contributed by atoms with Crippen molar-refractivity contribution in [2.24, 2.45) is 5.41 Å². The van der Waals surface area contributed by atoms with Crippen LogP contribution in [0.1, 0.15) is 46.5 Å². The molecular formula is C27H31OS+. The zero-order valence-electron chi connectivity index (χ0n) is 17.7. The van der Waals surface area contributed by atoms with Gasteiger partial charge in [0.25, 0.3) is 0 Å². The van der Waals surface area contributed by atoms with Gasteiger partial charge in [0.05, 0.1) is 10.9 Å². The second kappa shape index (κ2) is 8.28. The van der Waals surface area contributed by atoms with Gasteiger partial charge in [0, 0.05) is 5.41 Å². The Morgan fingerprint density at radius 1 is 0.655 bits per heavy atom. The van der Waals surface area contributed by atoms with Gasteiger partial charge in [-0.25, -0.2) is 0 Å². The molecule has 1 aliphatic carbocycles. The SMILES string of the molecule is CC(C)(C)C1(Oc2ccc([S+](c3ccccc3)c3ccccc3)cc2)CCCC1. The minimum Gasteiger partial charge on any atom is -0.487 e. The van der Waals surface area contributed by atoms with E-state index in [0.29, 0.717) is 0 Å². The maximum atomic E-state index is 6.68. The highest BCUT2D eigenvalue weighted by molar-refractivity contribution is 7.97. The second-order valence-electron chi connectivity index (χ2n) is 8.96. The standard InChI is InChI=1S/C27H31OS/c1-26(2,3)27(20-10-11-21-27)28-22-16-18-25(19-17-22)29(23-12-6-4-7-13-23)24-14-8-5-9-15-24/h4-9,12-19H,10-11,20-21H2,1-3H3/q+1. The number of hydrogen-bond acceptors (Lipinski definition) is 1. The first-order valence-corrected chi connectivity index (χ1v) is 11.8. The summed E-state index contributed by atoms with van der Waals surface area (Å²) in [6, 6.07) is 30.5. The Labute approximate surface area is 178 Å². The van der Waals surface area contributed by atoms with Crippen LogP contribution in [-0.4, -0.2) is 5.60 Å². The summed E-state index contributed by atoms with van der Waals surface area (Å²) in [5.41, 5.74) is 0.0929. The molecule has 0 amide bonds. The molecule has 0 saturated heterocycles. The molecule has 150 valence electrons. The van der Waals surface area contributed by atoms with Crippen molar-refractivity contribution in [3.8, 4) is 5.75 Å². The lowest BCUT2D eigenvalue weighted by molar-refractivity contribution is -0.0270. The van der Waals surface area contributed by atoms with Crippen LogP contribution in [0, 0.1) is 5.41 Å². The zero-order chi connectivity index (χ0) is 20.3. The molecule has 0 N–H and O–H groups in total. The van der Waals surface area contributed by atoms with Gasteiger partial charge in [-0.3, -0.25) is 0 Å². The molecule has 29 heavy (non-hydrogen) atoms. The van der Waals surface area contributed by atoms with E-state index in [1.165, 1.54) is 27.5 Å². The lowest BCUT2D eigenvalue weighted by Gasteiger charge is -2.42. The van der Waals surface area contributed by atoms with E-state index >= 15 is 0 Å². The molecule has 3 aromatic carbocycles. The maximum Gasteiger partial charge on any atom is 0.166 e. The lowest BCUT2D eigenvalue weighted by atomic mass is 9.75. The fourth-order valence-electron chi connectivity index (χ4n) is 4.34. The van der Waals surface area contributed by atoms with Gasteiger partial charge in [-0.15, -0.1) is 0 Å².